The summed E-state index contributed by atoms with van der Waals surface area (Å²) in [5.74, 6) is 0.500. The van der Waals surface area contributed by atoms with Gasteiger partial charge >= 0.3 is 0 Å². The fourth-order valence-corrected chi connectivity index (χ4v) is 4.44. The number of ketones is 1. The highest BCUT2D eigenvalue weighted by Crippen LogP contribution is 2.46. The zero-order chi connectivity index (χ0) is 21.3. The van der Waals surface area contributed by atoms with Crippen molar-refractivity contribution in [2.24, 2.45) is 5.41 Å². The molecule has 0 saturated carbocycles. The molecule has 30 heavy (non-hydrogen) atoms. The Labute approximate surface area is 177 Å². The molecule has 0 bridgehead atoms. The van der Waals surface area contributed by atoms with Crippen molar-refractivity contribution in [3.63, 3.8) is 0 Å². The molecule has 0 aromatic heterocycles. The summed E-state index contributed by atoms with van der Waals surface area (Å²) in [4.78, 5) is 13.1. The van der Waals surface area contributed by atoms with E-state index in [0.717, 1.165) is 40.3 Å². The summed E-state index contributed by atoms with van der Waals surface area (Å²) in [5.41, 5.74) is 5.03. The Balaban J connectivity index is 1.70. The molecule has 1 aliphatic carbocycles. The maximum atomic E-state index is 13.1. The van der Waals surface area contributed by atoms with E-state index < -0.39 is 0 Å². The van der Waals surface area contributed by atoms with Crippen LogP contribution in [-0.2, 0) is 11.4 Å². The van der Waals surface area contributed by atoms with Gasteiger partial charge in [0.05, 0.1) is 17.6 Å². The number of allylic oxidation sites excluding steroid dienone is 4. The maximum Gasteiger partial charge on any atom is 0.162 e. The van der Waals surface area contributed by atoms with Crippen LogP contribution >= 0.6 is 0 Å². The van der Waals surface area contributed by atoms with Crippen molar-refractivity contribution >= 4 is 5.78 Å². The molecule has 2 aromatic carbocycles. The Hall–Kier alpha value is -3.32. The number of carbonyl (C=O) groups excluding carboxylic acids is 1. The third kappa shape index (κ3) is 3.89. The molecular formula is C26H26N2O2. The molecule has 4 heteroatoms. The molecular weight excluding hydrogens is 372 g/mol. The average Bonchev–Trinajstić information content (AvgIpc) is 2.71. The minimum absolute atomic E-state index is 0.0848. The van der Waals surface area contributed by atoms with Gasteiger partial charge in [-0.15, -0.1) is 0 Å². The van der Waals surface area contributed by atoms with E-state index >= 15 is 0 Å². The van der Waals surface area contributed by atoms with Crippen molar-refractivity contribution in [1.29, 1.82) is 5.26 Å². The van der Waals surface area contributed by atoms with Crippen LogP contribution in [0.4, 0.5) is 0 Å². The number of nitrogens with one attached hydrogen (secondary N) is 1. The third-order valence-electron chi connectivity index (χ3n) is 5.80. The molecule has 152 valence electrons. The van der Waals surface area contributed by atoms with Gasteiger partial charge in [-0.25, -0.2) is 0 Å². The second kappa shape index (κ2) is 7.84. The fraction of sp³-hybridized carbons (Fsp3) is 0.308. The number of nitrogens with zero attached hydrogens (tertiary/aromatic N) is 1. The van der Waals surface area contributed by atoms with E-state index in [1.807, 2.05) is 61.5 Å². The number of hydrogen-bond acceptors (Lipinski definition) is 4. The van der Waals surface area contributed by atoms with Gasteiger partial charge in [0.15, 0.2) is 5.78 Å². The SMILES string of the molecule is CC1=C(C#N)C(c2cccc(OCc3ccccc3)c2)C2=C(CC(C)(C)CC2=O)N1. The largest absolute Gasteiger partial charge is 0.489 e. The van der Waals surface area contributed by atoms with E-state index in [-0.39, 0.29) is 17.1 Å². The number of hydrogen-bond donors (Lipinski definition) is 1. The normalized spacial score (nSPS) is 20.3. The lowest BCUT2D eigenvalue weighted by atomic mass is 9.69. The summed E-state index contributed by atoms with van der Waals surface area (Å²) >= 11 is 0. The minimum Gasteiger partial charge on any atom is -0.489 e. The van der Waals surface area contributed by atoms with Gasteiger partial charge in [-0.05, 0) is 42.0 Å². The molecule has 4 nitrogen and oxygen atoms in total. The van der Waals surface area contributed by atoms with Gasteiger partial charge in [0.2, 0.25) is 0 Å². The predicted octanol–water partition coefficient (Wildman–Crippen LogP) is 5.39. The monoisotopic (exact) mass is 398 g/mol. The van der Waals surface area contributed by atoms with Crippen LogP contribution in [0.5, 0.6) is 5.75 Å². The Kier molecular flexibility index (Phi) is 5.22. The van der Waals surface area contributed by atoms with Gasteiger partial charge < -0.3 is 10.1 Å². The van der Waals surface area contributed by atoms with Gasteiger partial charge in [-0.2, -0.15) is 5.26 Å². The molecule has 2 aromatic rings. The summed E-state index contributed by atoms with van der Waals surface area (Å²) in [6, 6.07) is 20.1. The number of nitriles is 1. The Morgan fingerprint density at radius 2 is 1.90 bits per heavy atom. The van der Waals surface area contributed by atoms with E-state index in [4.69, 9.17) is 4.74 Å². The first kappa shape index (κ1) is 20.0. The molecule has 0 fully saturated rings. The third-order valence-corrected chi connectivity index (χ3v) is 5.80. The Morgan fingerprint density at radius 1 is 1.13 bits per heavy atom. The lowest BCUT2D eigenvalue weighted by Gasteiger charge is -2.38. The zero-order valence-corrected chi connectivity index (χ0v) is 17.7. The highest BCUT2D eigenvalue weighted by Gasteiger charge is 2.41. The van der Waals surface area contributed by atoms with E-state index in [2.05, 4.69) is 25.2 Å². The number of rotatable bonds is 4. The van der Waals surface area contributed by atoms with Gasteiger partial charge in [0.25, 0.3) is 0 Å². The number of dihydropyridines is 1. The molecule has 1 N–H and O–H groups in total. The van der Waals surface area contributed by atoms with Crippen molar-refractivity contribution in [2.75, 3.05) is 0 Å². The zero-order valence-electron chi connectivity index (χ0n) is 17.7. The van der Waals surface area contributed by atoms with Crippen LogP contribution in [0.15, 0.2) is 77.1 Å². The van der Waals surface area contributed by atoms with Gasteiger partial charge in [-0.3, -0.25) is 4.79 Å². The van der Waals surface area contributed by atoms with Gasteiger partial charge in [0, 0.05) is 23.4 Å². The van der Waals surface area contributed by atoms with Crippen LogP contribution in [0.25, 0.3) is 0 Å². The van der Waals surface area contributed by atoms with Crippen molar-refractivity contribution in [1.82, 2.24) is 5.32 Å². The molecule has 0 radical (unpaired) electrons. The molecule has 2 aliphatic rings. The highest BCUT2D eigenvalue weighted by atomic mass is 16.5. The van der Waals surface area contributed by atoms with Crippen LogP contribution in [0.2, 0.25) is 0 Å². The molecule has 0 amide bonds. The second-order valence-corrected chi connectivity index (χ2v) is 8.89. The first-order chi connectivity index (χ1) is 14.4. The maximum absolute atomic E-state index is 13.1. The topological polar surface area (TPSA) is 62.1 Å². The molecule has 0 saturated heterocycles. The Morgan fingerprint density at radius 3 is 2.63 bits per heavy atom. The quantitative estimate of drug-likeness (QED) is 0.750. The molecule has 0 spiro atoms. The second-order valence-electron chi connectivity index (χ2n) is 8.89. The number of carbonyl (C=O) groups is 1. The smallest absolute Gasteiger partial charge is 0.162 e. The van der Waals surface area contributed by atoms with Crippen LogP contribution in [0, 0.1) is 16.7 Å². The average molecular weight is 399 g/mol. The summed E-state index contributed by atoms with van der Waals surface area (Å²) in [7, 11) is 0. The molecule has 4 rings (SSSR count). The van der Waals surface area contributed by atoms with E-state index in [9.17, 15) is 10.1 Å². The van der Waals surface area contributed by atoms with Gasteiger partial charge in [0.1, 0.15) is 12.4 Å². The minimum atomic E-state index is -0.352. The summed E-state index contributed by atoms with van der Waals surface area (Å²) in [5, 5.41) is 13.2. The van der Waals surface area contributed by atoms with Crippen molar-refractivity contribution in [3.8, 4) is 11.8 Å². The Bertz CT molecular complexity index is 1090. The van der Waals surface area contributed by atoms with E-state index in [0.29, 0.717) is 18.6 Å². The molecule has 1 heterocycles. The number of benzene rings is 2. The summed E-state index contributed by atoms with van der Waals surface area (Å²) in [6.45, 7) is 6.61. The van der Waals surface area contributed by atoms with Crippen LogP contribution in [-0.4, -0.2) is 5.78 Å². The summed E-state index contributed by atoms with van der Waals surface area (Å²) in [6.07, 6.45) is 1.29. The van der Waals surface area contributed by atoms with E-state index in [1.165, 1.54) is 0 Å². The van der Waals surface area contributed by atoms with E-state index in [1.54, 1.807) is 0 Å². The first-order valence-corrected chi connectivity index (χ1v) is 10.3. The highest BCUT2D eigenvalue weighted by molar-refractivity contribution is 6.00. The standard InChI is InChI=1S/C26H26N2O2/c1-17-21(15-27)24(25-22(28-17)13-26(2,3)14-23(25)29)19-10-7-11-20(12-19)30-16-18-8-5-4-6-9-18/h4-12,24,28H,13-14,16H2,1-3H3. The lowest BCUT2D eigenvalue weighted by Crippen LogP contribution is -2.36. The predicted molar refractivity (Wildman–Crippen MR) is 116 cm³/mol. The van der Waals surface area contributed by atoms with Crippen LogP contribution in [0.1, 0.15) is 50.7 Å². The van der Waals surface area contributed by atoms with Crippen molar-refractivity contribution < 1.29 is 9.53 Å². The summed E-state index contributed by atoms with van der Waals surface area (Å²) < 4.78 is 6.00. The molecule has 1 aliphatic heterocycles. The molecule has 1 unspecified atom stereocenters. The van der Waals surface area contributed by atoms with Crippen molar-refractivity contribution in [2.45, 2.75) is 46.1 Å². The molecule has 1 atom stereocenters. The van der Waals surface area contributed by atoms with Crippen LogP contribution in [0.3, 0.4) is 0 Å². The van der Waals surface area contributed by atoms with Gasteiger partial charge in [-0.1, -0.05) is 56.3 Å². The first-order valence-electron chi connectivity index (χ1n) is 10.3. The number of ether oxygens (including phenoxy) is 1. The number of Topliss-reactive ketones (excluding diaryl/α,β-unsaturated/α-hetero) is 1. The van der Waals surface area contributed by atoms with Crippen LogP contribution < -0.4 is 10.1 Å². The lowest BCUT2D eigenvalue weighted by molar-refractivity contribution is -0.118. The fourth-order valence-electron chi connectivity index (χ4n) is 4.44. The van der Waals surface area contributed by atoms with Crippen molar-refractivity contribution in [3.05, 3.63) is 88.3 Å².